The molecule has 0 saturated carbocycles. The van der Waals surface area contributed by atoms with Gasteiger partial charge in [0.2, 0.25) is 5.13 Å². The minimum absolute atomic E-state index is 0.267. The number of ether oxygens (including phenoxy) is 1. The van der Waals surface area contributed by atoms with Crippen LogP contribution in [-0.4, -0.2) is 27.4 Å². The van der Waals surface area contributed by atoms with Gasteiger partial charge in [-0.1, -0.05) is 0 Å². The van der Waals surface area contributed by atoms with Gasteiger partial charge in [-0.2, -0.15) is 9.36 Å². The highest BCUT2D eigenvalue weighted by atomic mass is 79.9. The van der Waals surface area contributed by atoms with Crippen molar-refractivity contribution in [1.29, 1.82) is 0 Å². The van der Waals surface area contributed by atoms with E-state index in [0.29, 0.717) is 21.0 Å². The van der Waals surface area contributed by atoms with Crippen molar-refractivity contribution in [3.63, 3.8) is 0 Å². The molecule has 0 bridgehead atoms. The van der Waals surface area contributed by atoms with Crippen molar-refractivity contribution in [3.05, 3.63) is 52.8 Å². The van der Waals surface area contributed by atoms with Crippen LogP contribution in [0.15, 0.2) is 47.2 Å². The number of carbonyl (C=O) groups excluding carboxylic acids is 1. The number of rotatable bonds is 4. The maximum absolute atomic E-state index is 12.2. The van der Waals surface area contributed by atoms with Crippen LogP contribution in [0.2, 0.25) is 0 Å². The molecule has 0 aliphatic rings. The minimum Gasteiger partial charge on any atom is -0.497 e. The number of aromatic nitrogens is 3. The van der Waals surface area contributed by atoms with Crippen LogP contribution in [0.25, 0.3) is 11.4 Å². The van der Waals surface area contributed by atoms with Gasteiger partial charge in [0.1, 0.15) is 5.75 Å². The Morgan fingerprint density at radius 1 is 1.26 bits per heavy atom. The van der Waals surface area contributed by atoms with Crippen LogP contribution >= 0.6 is 27.5 Å². The van der Waals surface area contributed by atoms with Gasteiger partial charge in [0.05, 0.1) is 12.7 Å². The Morgan fingerprint density at radius 2 is 2.04 bits per heavy atom. The second-order valence-corrected chi connectivity index (χ2v) is 6.07. The van der Waals surface area contributed by atoms with Crippen molar-refractivity contribution >= 4 is 38.5 Å². The lowest BCUT2D eigenvalue weighted by atomic mass is 10.2. The van der Waals surface area contributed by atoms with E-state index in [0.717, 1.165) is 22.8 Å². The van der Waals surface area contributed by atoms with Gasteiger partial charge in [0, 0.05) is 34.0 Å². The first kappa shape index (κ1) is 15.6. The predicted octanol–water partition coefficient (Wildman–Crippen LogP) is 3.62. The summed E-state index contributed by atoms with van der Waals surface area (Å²) in [6.07, 6.45) is 3.13. The molecule has 3 aromatic rings. The van der Waals surface area contributed by atoms with Crippen LogP contribution in [-0.2, 0) is 0 Å². The molecule has 0 fully saturated rings. The lowest BCUT2D eigenvalue weighted by Gasteiger charge is -2.02. The highest BCUT2D eigenvalue weighted by Crippen LogP contribution is 2.24. The van der Waals surface area contributed by atoms with E-state index >= 15 is 0 Å². The number of anilines is 1. The summed E-state index contributed by atoms with van der Waals surface area (Å²) < 4.78 is 10.0. The number of halogens is 1. The van der Waals surface area contributed by atoms with Crippen molar-refractivity contribution in [3.8, 4) is 17.1 Å². The van der Waals surface area contributed by atoms with Gasteiger partial charge in [0.25, 0.3) is 5.91 Å². The standard InChI is InChI=1S/C15H11BrN4O2S/c1-22-10-4-2-9(3-5-10)13-18-15(23-20-13)19-14(21)11-6-7-17-8-12(11)16/h2-8H,1H3,(H,18,19,20,21). The summed E-state index contributed by atoms with van der Waals surface area (Å²) in [5.74, 6) is 1.05. The third-order valence-electron chi connectivity index (χ3n) is 3.01. The fourth-order valence-electron chi connectivity index (χ4n) is 1.86. The Bertz CT molecular complexity index is 836. The normalized spacial score (nSPS) is 10.3. The number of benzene rings is 1. The third-order valence-corrected chi connectivity index (χ3v) is 4.27. The zero-order valence-corrected chi connectivity index (χ0v) is 14.4. The Morgan fingerprint density at radius 3 is 2.74 bits per heavy atom. The van der Waals surface area contributed by atoms with Crippen molar-refractivity contribution in [1.82, 2.24) is 14.3 Å². The van der Waals surface area contributed by atoms with Crippen molar-refractivity contribution in [2.24, 2.45) is 0 Å². The fourth-order valence-corrected chi connectivity index (χ4v) is 2.87. The zero-order chi connectivity index (χ0) is 16.2. The second kappa shape index (κ2) is 6.84. The Kier molecular flexibility index (Phi) is 4.63. The van der Waals surface area contributed by atoms with Gasteiger partial charge in [-0.25, -0.2) is 0 Å². The molecule has 116 valence electrons. The predicted molar refractivity (Wildman–Crippen MR) is 91.8 cm³/mol. The maximum atomic E-state index is 12.2. The largest absolute Gasteiger partial charge is 0.497 e. The highest BCUT2D eigenvalue weighted by molar-refractivity contribution is 9.10. The molecule has 2 heterocycles. The lowest BCUT2D eigenvalue weighted by molar-refractivity contribution is 0.102. The first-order valence-corrected chi connectivity index (χ1v) is 8.13. The van der Waals surface area contributed by atoms with E-state index in [1.165, 1.54) is 0 Å². The molecule has 0 unspecified atom stereocenters. The van der Waals surface area contributed by atoms with Crippen LogP contribution in [0, 0.1) is 0 Å². The Hall–Kier alpha value is -2.32. The summed E-state index contributed by atoms with van der Waals surface area (Å²) in [5, 5.41) is 3.17. The molecule has 0 saturated heterocycles. The molecule has 1 N–H and O–H groups in total. The van der Waals surface area contributed by atoms with Crippen LogP contribution in [0.4, 0.5) is 5.13 Å². The Labute approximate surface area is 144 Å². The van der Waals surface area contributed by atoms with Crippen molar-refractivity contribution in [2.75, 3.05) is 12.4 Å². The zero-order valence-electron chi connectivity index (χ0n) is 12.0. The number of carbonyl (C=O) groups is 1. The molecule has 1 aromatic carbocycles. The van der Waals surface area contributed by atoms with Crippen LogP contribution in [0.1, 0.15) is 10.4 Å². The summed E-state index contributed by atoms with van der Waals surface area (Å²) in [4.78, 5) is 20.5. The number of amides is 1. The lowest BCUT2D eigenvalue weighted by Crippen LogP contribution is -2.12. The topological polar surface area (TPSA) is 77.0 Å². The molecule has 8 heteroatoms. The first-order valence-electron chi connectivity index (χ1n) is 6.56. The maximum Gasteiger partial charge on any atom is 0.258 e. The number of nitrogens with zero attached hydrogens (tertiary/aromatic N) is 3. The number of pyridine rings is 1. The van der Waals surface area contributed by atoms with Crippen LogP contribution < -0.4 is 10.1 Å². The van der Waals surface area contributed by atoms with E-state index in [2.05, 4.69) is 35.6 Å². The van der Waals surface area contributed by atoms with Gasteiger partial charge in [-0.05, 0) is 46.3 Å². The van der Waals surface area contributed by atoms with Crippen LogP contribution in [0.5, 0.6) is 5.75 Å². The monoisotopic (exact) mass is 390 g/mol. The summed E-state index contributed by atoms with van der Waals surface area (Å²) in [7, 11) is 1.61. The molecular weight excluding hydrogens is 380 g/mol. The molecule has 0 atom stereocenters. The smallest absolute Gasteiger partial charge is 0.258 e. The average molecular weight is 391 g/mol. The molecule has 0 radical (unpaired) electrons. The molecule has 3 rings (SSSR count). The summed E-state index contributed by atoms with van der Waals surface area (Å²) >= 11 is 4.43. The van der Waals surface area contributed by atoms with E-state index in [1.54, 1.807) is 25.6 Å². The molecule has 0 spiro atoms. The fraction of sp³-hybridized carbons (Fsp3) is 0.0667. The van der Waals surface area contributed by atoms with E-state index < -0.39 is 0 Å². The molecule has 23 heavy (non-hydrogen) atoms. The van der Waals surface area contributed by atoms with E-state index in [1.807, 2.05) is 24.3 Å². The van der Waals surface area contributed by atoms with E-state index in [9.17, 15) is 4.79 Å². The Balaban J connectivity index is 1.76. The summed E-state index contributed by atoms with van der Waals surface area (Å²) in [6, 6.07) is 9.04. The van der Waals surface area contributed by atoms with Gasteiger partial charge in [0.15, 0.2) is 5.82 Å². The summed E-state index contributed by atoms with van der Waals surface area (Å²) in [5.41, 5.74) is 1.34. The van der Waals surface area contributed by atoms with Gasteiger partial charge in [-0.3, -0.25) is 15.1 Å². The number of nitrogens with one attached hydrogen (secondary N) is 1. The molecule has 6 nitrogen and oxygen atoms in total. The summed E-state index contributed by atoms with van der Waals surface area (Å²) in [6.45, 7) is 0. The molecular formula is C15H11BrN4O2S. The van der Waals surface area contributed by atoms with Gasteiger partial charge >= 0.3 is 0 Å². The molecule has 0 aliphatic heterocycles. The van der Waals surface area contributed by atoms with Gasteiger partial charge < -0.3 is 4.74 Å². The van der Waals surface area contributed by atoms with Gasteiger partial charge in [-0.15, -0.1) is 0 Å². The average Bonchev–Trinajstić information content (AvgIpc) is 3.03. The molecule has 1 amide bonds. The van der Waals surface area contributed by atoms with E-state index in [-0.39, 0.29) is 5.91 Å². The van der Waals surface area contributed by atoms with Crippen molar-refractivity contribution < 1.29 is 9.53 Å². The number of hydrogen-bond donors (Lipinski definition) is 1. The first-order chi connectivity index (χ1) is 11.2. The van der Waals surface area contributed by atoms with Crippen LogP contribution in [0.3, 0.4) is 0 Å². The minimum atomic E-state index is -0.267. The highest BCUT2D eigenvalue weighted by Gasteiger charge is 2.13. The number of hydrogen-bond acceptors (Lipinski definition) is 6. The third kappa shape index (κ3) is 3.54. The quantitative estimate of drug-likeness (QED) is 0.735. The molecule has 2 aromatic heterocycles. The second-order valence-electron chi connectivity index (χ2n) is 4.46. The number of methoxy groups -OCH3 is 1. The van der Waals surface area contributed by atoms with E-state index in [4.69, 9.17) is 4.74 Å². The molecule has 0 aliphatic carbocycles. The SMILES string of the molecule is COc1ccc(-c2nsc(NC(=O)c3ccncc3Br)n2)cc1. The van der Waals surface area contributed by atoms with Crippen molar-refractivity contribution in [2.45, 2.75) is 0 Å².